The number of nitrogens with two attached hydrogens (primary N) is 1. The maximum absolute atomic E-state index is 13.8. The summed E-state index contributed by atoms with van der Waals surface area (Å²) in [5.41, 5.74) is 6.59. The number of nitrogens with one attached hydrogen (secondary N) is 4. The minimum Gasteiger partial charge on any atom is -0.480 e. The van der Waals surface area contributed by atoms with Crippen LogP contribution in [0.25, 0.3) is 0 Å². The topological polar surface area (TPSA) is 220 Å². The fourth-order valence-corrected chi connectivity index (χ4v) is 5.88. The Morgan fingerprint density at radius 1 is 0.820 bits per heavy atom. The molecule has 50 heavy (non-hydrogen) atoms. The highest BCUT2D eigenvalue weighted by atomic mass is 16.4. The third-order valence-electron chi connectivity index (χ3n) is 9.47. The number of aliphatic carboxylic acids is 1. The summed E-state index contributed by atoms with van der Waals surface area (Å²) in [7, 11) is 0. The first kappa shape index (κ1) is 42.1. The molecule has 1 heterocycles. The van der Waals surface area contributed by atoms with E-state index in [1.807, 2.05) is 27.7 Å². The second-order valence-electron chi connectivity index (χ2n) is 14.0. The van der Waals surface area contributed by atoms with E-state index in [1.165, 1.54) is 11.8 Å². The number of amides is 5. The van der Waals surface area contributed by atoms with Gasteiger partial charge >= 0.3 is 5.97 Å². The number of carbonyl (C=O) groups excluding carboxylic acids is 5. The van der Waals surface area contributed by atoms with Gasteiger partial charge in [-0.3, -0.25) is 24.0 Å². The summed E-state index contributed by atoms with van der Waals surface area (Å²) < 4.78 is 0. The number of hydrogen-bond acceptors (Lipinski definition) is 8. The second-order valence-corrected chi connectivity index (χ2v) is 14.0. The normalized spacial score (nSPS) is 19.2. The molecule has 1 aliphatic rings. The molecule has 0 saturated carbocycles. The van der Waals surface area contributed by atoms with Crippen molar-refractivity contribution in [1.29, 1.82) is 0 Å². The summed E-state index contributed by atoms with van der Waals surface area (Å²) in [6.07, 6.45) is 1.11. The second kappa shape index (κ2) is 20.0. The average Bonchev–Trinajstić information content (AvgIpc) is 3.57. The summed E-state index contributed by atoms with van der Waals surface area (Å²) >= 11 is 0. The zero-order valence-electron chi connectivity index (χ0n) is 30.5. The molecule has 5 amide bonds. The van der Waals surface area contributed by atoms with Crippen molar-refractivity contribution < 1.29 is 39.0 Å². The lowest BCUT2D eigenvalue weighted by Crippen LogP contribution is -2.61. The van der Waals surface area contributed by atoms with Crippen LogP contribution in [0.3, 0.4) is 0 Å². The van der Waals surface area contributed by atoms with Crippen molar-refractivity contribution in [3.05, 3.63) is 35.9 Å². The molecule has 8 N–H and O–H groups in total. The number of hydrogen-bond donors (Lipinski definition) is 7. The van der Waals surface area contributed by atoms with Crippen molar-refractivity contribution in [2.75, 3.05) is 6.54 Å². The number of aliphatic hydroxyl groups is 1. The summed E-state index contributed by atoms with van der Waals surface area (Å²) in [6, 6.07) is 2.41. The number of likely N-dealkylation sites (tertiary alicyclic amines) is 1. The van der Waals surface area contributed by atoms with Crippen LogP contribution < -0.4 is 27.0 Å². The predicted octanol–water partition coefficient (Wildman–Crippen LogP) is 1.09. The van der Waals surface area contributed by atoms with E-state index in [0.29, 0.717) is 32.2 Å². The van der Waals surface area contributed by atoms with Crippen molar-refractivity contribution in [2.24, 2.45) is 23.5 Å². The Hall–Kier alpha value is -4.04. The number of aliphatic hydroxyl groups excluding tert-OH is 1. The zero-order chi connectivity index (χ0) is 37.7. The maximum atomic E-state index is 13.8. The molecule has 0 unspecified atom stereocenters. The van der Waals surface area contributed by atoms with Crippen molar-refractivity contribution in [1.82, 2.24) is 26.2 Å². The quantitative estimate of drug-likeness (QED) is 0.110. The number of nitrogens with zero attached hydrogens (tertiary/aromatic N) is 1. The Kier molecular flexibility index (Phi) is 16.8. The molecule has 2 rings (SSSR count). The number of benzene rings is 1. The molecular formula is C36H58N6O8. The van der Waals surface area contributed by atoms with E-state index in [-0.39, 0.29) is 30.6 Å². The van der Waals surface area contributed by atoms with E-state index < -0.39 is 77.9 Å². The highest BCUT2D eigenvalue weighted by Crippen LogP contribution is 2.20. The van der Waals surface area contributed by atoms with Crippen molar-refractivity contribution in [3.63, 3.8) is 0 Å². The van der Waals surface area contributed by atoms with Crippen molar-refractivity contribution in [2.45, 2.75) is 129 Å². The Morgan fingerprint density at radius 3 is 1.86 bits per heavy atom. The van der Waals surface area contributed by atoms with Gasteiger partial charge in [0.25, 0.3) is 0 Å². The first-order valence-electron chi connectivity index (χ1n) is 17.7. The van der Waals surface area contributed by atoms with Crippen molar-refractivity contribution >= 4 is 35.5 Å². The summed E-state index contributed by atoms with van der Waals surface area (Å²) in [6.45, 7) is 12.7. The van der Waals surface area contributed by atoms with Crippen LogP contribution in [-0.2, 0) is 35.2 Å². The monoisotopic (exact) mass is 702 g/mol. The maximum Gasteiger partial charge on any atom is 0.326 e. The summed E-state index contributed by atoms with van der Waals surface area (Å²) in [5.74, 6) is -4.91. The Bertz CT molecular complexity index is 1310. The van der Waals surface area contributed by atoms with Crippen LogP contribution in [-0.4, -0.2) is 99.5 Å². The van der Waals surface area contributed by atoms with Crippen LogP contribution in [0.1, 0.15) is 86.1 Å². The highest BCUT2D eigenvalue weighted by molar-refractivity contribution is 5.96. The van der Waals surface area contributed by atoms with Gasteiger partial charge in [0, 0.05) is 13.0 Å². The van der Waals surface area contributed by atoms with Gasteiger partial charge in [0.2, 0.25) is 29.5 Å². The van der Waals surface area contributed by atoms with Crippen molar-refractivity contribution in [3.8, 4) is 0 Å². The summed E-state index contributed by atoms with van der Waals surface area (Å²) in [5, 5.41) is 30.6. The van der Waals surface area contributed by atoms with Crippen LogP contribution >= 0.6 is 0 Å². The van der Waals surface area contributed by atoms with E-state index >= 15 is 0 Å². The molecule has 1 saturated heterocycles. The smallest absolute Gasteiger partial charge is 0.326 e. The lowest BCUT2D eigenvalue weighted by Gasteiger charge is -2.32. The van der Waals surface area contributed by atoms with Gasteiger partial charge in [-0.25, -0.2) is 4.79 Å². The van der Waals surface area contributed by atoms with Gasteiger partial charge in [0.1, 0.15) is 36.3 Å². The number of carbonyl (C=O) groups is 6. The van der Waals surface area contributed by atoms with Crippen LogP contribution in [0.4, 0.5) is 0 Å². The lowest BCUT2D eigenvalue weighted by molar-refractivity contribution is -0.143. The SMILES string of the molecule is CC[C@H](C)[C@H](NC(=O)[C@H](CC(C)C)NC(=O)[C@@H](NC(=O)[C@@H]1CCCN1C(=O)[C@@H](N)[C@@H](C)O)[C@@H](C)CC)C(=O)N[C@@H](Cc1ccccc1)C(=O)O. The average molecular weight is 703 g/mol. The van der Waals surface area contributed by atoms with Crippen LogP contribution in [0.15, 0.2) is 30.3 Å². The minimum atomic E-state index is -1.23. The molecule has 1 aromatic carbocycles. The van der Waals surface area contributed by atoms with E-state index in [0.717, 1.165) is 5.56 Å². The van der Waals surface area contributed by atoms with E-state index in [1.54, 1.807) is 44.2 Å². The molecule has 1 aliphatic heterocycles. The van der Waals surface area contributed by atoms with Gasteiger partial charge in [-0.2, -0.15) is 0 Å². The largest absolute Gasteiger partial charge is 0.480 e. The molecule has 1 aromatic rings. The molecule has 14 nitrogen and oxygen atoms in total. The molecule has 9 atom stereocenters. The number of rotatable bonds is 19. The number of carboxylic acids is 1. The Balaban J connectivity index is 2.25. The first-order valence-corrected chi connectivity index (χ1v) is 17.7. The fraction of sp³-hybridized carbons (Fsp3) is 0.667. The highest BCUT2D eigenvalue weighted by Gasteiger charge is 2.40. The molecule has 0 radical (unpaired) electrons. The molecular weight excluding hydrogens is 644 g/mol. The standard InChI is InChI=1S/C36H58N6O8/c1-8-21(5)29(34(47)39-26(36(49)50)19-24-14-11-10-12-15-24)40-31(44)25(18-20(3)4)38-33(46)30(22(6)9-2)41-32(45)27-16-13-17-42(27)35(48)28(37)23(7)43/h10-12,14-15,20-23,25-30,43H,8-9,13,16-19,37H2,1-7H3,(H,38,46)(H,39,47)(H,40,44)(H,41,45)(H,49,50)/t21-,22-,23+,25-,26-,27-,28-,29-,30-/m0/s1. The molecule has 0 aromatic heterocycles. The van der Waals surface area contributed by atoms with E-state index in [2.05, 4.69) is 21.3 Å². The summed E-state index contributed by atoms with van der Waals surface area (Å²) in [4.78, 5) is 81.0. The minimum absolute atomic E-state index is 0.0444. The Morgan fingerprint density at radius 2 is 1.36 bits per heavy atom. The van der Waals surface area contributed by atoms with Crippen LogP contribution in [0.2, 0.25) is 0 Å². The molecule has 280 valence electrons. The van der Waals surface area contributed by atoms with E-state index in [4.69, 9.17) is 5.73 Å². The van der Waals surface area contributed by atoms with Crippen LogP contribution in [0, 0.1) is 17.8 Å². The van der Waals surface area contributed by atoms with Gasteiger partial charge < -0.3 is 42.1 Å². The van der Waals surface area contributed by atoms with Gasteiger partial charge in [-0.05, 0) is 49.5 Å². The molecule has 14 heteroatoms. The Labute approximate surface area is 295 Å². The zero-order valence-corrected chi connectivity index (χ0v) is 30.5. The predicted molar refractivity (Wildman–Crippen MR) is 188 cm³/mol. The molecule has 0 bridgehead atoms. The van der Waals surface area contributed by atoms with Gasteiger partial charge in [-0.15, -0.1) is 0 Å². The van der Waals surface area contributed by atoms with Crippen LogP contribution in [0.5, 0.6) is 0 Å². The fourth-order valence-electron chi connectivity index (χ4n) is 5.88. The van der Waals surface area contributed by atoms with Gasteiger partial charge in [0.15, 0.2) is 0 Å². The molecule has 1 fully saturated rings. The third kappa shape index (κ3) is 12.1. The first-order chi connectivity index (χ1) is 23.5. The molecule has 0 spiro atoms. The molecule has 0 aliphatic carbocycles. The van der Waals surface area contributed by atoms with Gasteiger partial charge in [0.05, 0.1) is 6.10 Å². The lowest BCUT2D eigenvalue weighted by atomic mass is 9.95. The van der Waals surface area contributed by atoms with E-state index in [9.17, 15) is 39.0 Å². The number of carboxylic acid groups (broad SMARTS) is 1. The third-order valence-corrected chi connectivity index (χ3v) is 9.47. The van der Waals surface area contributed by atoms with Gasteiger partial charge in [-0.1, -0.05) is 84.7 Å².